The quantitative estimate of drug-likeness (QED) is 0.367. The number of fused-ring (bicyclic) bond motifs is 1. The first-order valence-electron chi connectivity index (χ1n) is 9.60. The maximum absolute atomic E-state index is 12.1. The Morgan fingerprint density at radius 3 is 2.93 bits per heavy atom. The van der Waals surface area contributed by atoms with Gasteiger partial charge in [-0.3, -0.25) is 14.4 Å². The van der Waals surface area contributed by atoms with E-state index in [0.717, 1.165) is 37.3 Å². The van der Waals surface area contributed by atoms with Crippen LogP contribution in [0.15, 0.2) is 12.1 Å². The largest absolute Gasteiger partial charge is 0.469 e. The molecule has 0 amide bonds. The van der Waals surface area contributed by atoms with Crippen molar-refractivity contribution in [2.24, 2.45) is 11.8 Å². The fourth-order valence-corrected chi connectivity index (χ4v) is 4.10. The third kappa shape index (κ3) is 5.35. The number of nitrogens with zero attached hydrogens (tertiary/aromatic N) is 2. The first-order chi connectivity index (χ1) is 13.0. The van der Waals surface area contributed by atoms with Crippen LogP contribution >= 0.6 is 9.39 Å². The molecule has 2 aliphatic rings. The molecule has 146 valence electrons. The van der Waals surface area contributed by atoms with Crippen molar-refractivity contribution in [3.63, 3.8) is 0 Å². The van der Waals surface area contributed by atoms with E-state index in [1.807, 2.05) is 6.07 Å². The number of aromatic nitrogens is 1. The van der Waals surface area contributed by atoms with Gasteiger partial charge in [-0.2, -0.15) is 0 Å². The molecule has 1 aliphatic heterocycles. The van der Waals surface area contributed by atoms with Crippen molar-refractivity contribution in [2.45, 2.75) is 51.4 Å². The Morgan fingerprint density at radius 2 is 2.15 bits per heavy atom. The van der Waals surface area contributed by atoms with Crippen LogP contribution in [0.2, 0.25) is 0 Å². The van der Waals surface area contributed by atoms with Crippen LogP contribution in [0.25, 0.3) is 0 Å². The van der Waals surface area contributed by atoms with Gasteiger partial charge < -0.3 is 9.41 Å². The van der Waals surface area contributed by atoms with E-state index in [-0.39, 0.29) is 42.2 Å². The fraction of sp³-hybridized carbons (Fsp3) is 0.600. The number of Topliss-reactive ketones (excluding diaryl/α,β-unsaturated/α-hetero) is 2. The zero-order valence-corrected chi connectivity index (χ0v) is 16.9. The molecule has 1 aliphatic carbocycles. The number of ether oxygens (including phenoxy) is 1. The Hall–Kier alpha value is -1.81. The Morgan fingerprint density at radius 1 is 1.33 bits per heavy atom. The zero-order chi connectivity index (χ0) is 19.4. The van der Waals surface area contributed by atoms with Crippen molar-refractivity contribution >= 4 is 32.7 Å². The Labute approximate surface area is 162 Å². The summed E-state index contributed by atoms with van der Waals surface area (Å²) in [5.74, 6) is 0.614. The van der Waals surface area contributed by atoms with E-state index in [1.165, 1.54) is 12.7 Å². The molecule has 1 aromatic heterocycles. The summed E-state index contributed by atoms with van der Waals surface area (Å²) in [5.41, 5.74) is 2.26. The smallest absolute Gasteiger partial charge is 0.305 e. The van der Waals surface area contributed by atoms with Gasteiger partial charge in [0.1, 0.15) is 17.4 Å². The highest BCUT2D eigenvalue weighted by molar-refractivity contribution is 7.19. The number of hydrogen-bond acceptors (Lipinski definition) is 6. The van der Waals surface area contributed by atoms with E-state index in [1.54, 1.807) is 0 Å². The average molecular weight is 390 g/mol. The number of ketones is 2. The fourth-order valence-electron chi connectivity index (χ4n) is 3.69. The molecule has 3 atom stereocenters. The van der Waals surface area contributed by atoms with E-state index in [0.29, 0.717) is 19.3 Å². The third-order valence-electron chi connectivity index (χ3n) is 5.38. The lowest BCUT2D eigenvalue weighted by Crippen LogP contribution is -2.20. The lowest BCUT2D eigenvalue weighted by molar-refractivity contribution is -0.141. The van der Waals surface area contributed by atoms with Crippen molar-refractivity contribution in [3.8, 4) is 0 Å². The van der Waals surface area contributed by atoms with Crippen LogP contribution in [0.3, 0.4) is 0 Å². The summed E-state index contributed by atoms with van der Waals surface area (Å²) in [4.78, 5) is 40.2. The van der Waals surface area contributed by atoms with Crippen LogP contribution in [0, 0.1) is 11.8 Å². The molecule has 0 radical (unpaired) electrons. The van der Waals surface area contributed by atoms with Gasteiger partial charge in [-0.1, -0.05) is 6.07 Å². The standard InChI is InChI=1S/C20H27N2O4P/c1-26-19(25)11-14-10-17(14)18(24)12-16(23)6-2-5-15-8-7-13-4-3-9-22(27)20(13)21-15/h7-8,14,17H,2-6,9-12,27H2,1H3. The lowest BCUT2D eigenvalue weighted by Gasteiger charge is -2.26. The minimum atomic E-state index is -0.289. The van der Waals surface area contributed by atoms with Crippen molar-refractivity contribution in [1.82, 2.24) is 4.98 Å². The van der Waals surface area contributed by atoms with E-state index in [2.05, 4.69) is 24.9 Å². The van der Waals surface area contributed by atoms with Gasteiger partial charge in [0.15, 0.2) is 0 Å². The van der Waals surface area contributed by atoms with Crippen LogP contribution in [0.5, 0.6) is 0 Å². The predicted octanol–water partition coefficient (Wildman–Crippen LogP) is 2.67. The van der Waals surface area contributed by atoms with Crippen LogP contribution in [0.4, 0.5) is 5.82 Å². The first-order valence-corrected chi connectivity index (χ1v) is 10.1. The van der Waals surface area contributed by atoms with Gasteiger partial charge >= 0.3 is 5.97 Å². The van der Waals surface area contributed by atoms with Gasteiger partial charge in [-0.15, -0.1) is 0 Å². The van der Waals surface area contributed by atoms with Crippen molar-refractivity contribution in [3.05, 3.63) is 23.4 Å². The van der Waals surface area contributed by atoms with Gasteiger partial charge in [0, 0.05) is 31.0 Å². The van der Waals surface area contributed by atoms with Crippen molar-refractivity contribution < 1.29 is 19.1 Å². The number of carbonyl (C=O) groups is 3. The molecule has 0 saturated heterocycles. The van der Waals surface area contributed by atoms with E-state index in [4.69, 9.17) is 4.98 Å². The first kappa shape index (κ1) is 19.9. The van der Waals surface area contributed by atoms with Crippen LogP contribution < -0.4 is 4.67 Å². The number of aryl methyl sites for hydroxylation is 2. The zero-order valence-electron chi connectivity index (χ0n) is 15.8. The minimum absolute atomic E-state index is 0.0146. The number of carbonyl (C=O) groups excluding carboxylic acids is 3. The molecule has 7 heteroatoms. The number of anilines is 1. The van der Waals surface area contributed by atoms with E-state index >= 15 is 0 Å². The summed E-state index contributed by atoms with van der Waals surface area (Å²) < 4.78 is 6.72. The number of pyridine rings is 1. The van der Waals surface area contributed by atoms with E-state index < -0.39 is 0 Å². The van der Waals surface area contributed by atoms with E-state index in [9.17, 15) is 14.4 Å². The molecule has 0 spiro atoms. The molecule has 1 fully saturated rings. The van der Waals surface area contributed by atoms with Crippen LogP contribution in [0.1, 0.15) is 49.8 Å². The van der Waals surface area contributed by atoms with Gasteiger partial charge in [0.25, 0.3) is 0 Å². The highest BCUT2D eigenvalue weighted by Crippen LogP contribution is 2.42. The molecular weight excluding hydrogens is 363 g/mol. The summed E-state index contributed by atoms with van der Waals surface area (Å²) in [5, 5.41) is 0. The summed E-state index contributed by atoms with van der Waals surface area (Å²) >= 11 is 0. The number of rotatable bonds is 9. The molecule has 2 heterocycles. The maximum Gasteiger partial charge on any atom is 0.305 e. The monoisotopic (exact) mass is 390 g/mol. The molecule has 0 bridgehead atoms. The minimum Gasteiger partial charge on any atom is -0.469 e. The number of hydrogen-bond donors (Lipinski definition) is 0. The second-order valence-electron chi connectivity index (χ2n) is 7.50. The van der Waals surface area contributed by atoms with Gasteiger partial charge in [0.05, 0.1) is 13.5 Å². The van der Waals surface area contributed by atoms with Gasteiger partial charge in [-0.05, 0) is 59.0 Å². The summed E-state index contributed by atoms with van der Waals surface area (Å²) in [6.07, 6.45) is 4.99. The Bertz CT molecular complexity index is 737. The molecule has 3 rings (SSSR count). The van der Waals surface area contributed by atoms with Crippen molar-refractivity contribution in [1.29, 1.82) is 0 Å². The van der Waals surface area contributed by atoms with Crippen LogP contribution in [-0.4, -0.2) is 36.2 Å². The molecule has 0 N–H and O–H groups in total. The highest BCUT2D eigenvalue weighted by Gasteiger charge is 2.44. The second kappa shape index (κ2) is 8.92. The Balaban J connectivity index is 1.39. The SMILES string of the molecule is COC(=O)CC1CC1C(=O)CC(=O)CCCc1ccc2c(n1)N(P)CCC2. The summed E-state index contributed by atoms with van der Waals surface area (Å²) in [6, 6.07) is 4.17. The molecule has 3 unspecified atom stereocenters. The molecule has 6 nitrogen and oxygen atoms in total. The second-order valence-corrected chi connectivity index (χ2v) is 8.12. The predicted molar refractivity (Wildman–Crippen MR) is 105 cm³/mol. The highest BCUT2D eigenvalue weighted by atomic mass is 31.0. The molecular formula is C20H27N2O4P. The average Bonchev–Trinajstić information content (AvgIpc) is 3.41. The maximum atomic E-state index is 12.1. The van der Waals surface area contributed by atoms with Crippen molar-refractivity contribution in [2.75, 3.05) is 18.3 Å². The molecule has 0 aromatic carbocycles. The number of methoxy groups -OCH3 is 1. The Kier molecular flexibility index (Phi) is 6.59. The normalized spacial score (nSPS) is 20.7. The third-order valence-corrected chi connectivity index (χ3v) is 5.89. The molecule has 1 saturated carbocycles. The summed E-state index contributed by atoms with van der Waals surface area (Å²) in [6.45, 7) is 0.993. The molecule has 27 heavy (non-hydrogen) atoms. The number of esters is 1. The van der Waals surface area contributed by atoms with Crippen LogP contribution in [-0.2, 0) is 32.0 Å². The molecule has 1 aromatic rings. The van der Waals surface area contributed by atoms with Gasteiger partial charge in [0.2, 0.25) is 0 Å². The summed E-state index contributed by atoms with van der Waals surface area (Å²) in [7, 11) is 4.06. The lowest BCUT2D eigenvalue weighted by atomic mass is 10.0. The van der Waals surface area contributed by atoms with Gasteiger partial charge in [-0.25, -0.2) is 4.98 Å². The topological polar surface area (TPSA) is 76.6 Å².